The summed E-state index contributed by atoms with van der Waals surface area (Å²) >= 11 is 3.00. The summed E-state index contributed by atoms with van der Waals surface area (Å²) < 4.78 is 0.0963. The van der Waals surface area contributed by atoms with E-state index in [0.29, 0.717) is 5.56 Å². The van der Waals surface area contributed by atoms with Crippen molar-refractivity contribution in [1.29, 1.82) is 0 Å². The van der Waals surface area contributed by atoms with E-state index >= 15 is 0 Å². The number of carbonyl (C=O) groups excluding carboxylic acids is 1. The monoisotopic (exact) mass is 364 g/mol. The van der Waals surface area contributed by atoms with Gasteiger partial charge < -0.3 is 0 Å². The largest absolute Gasteiger partial charge is 0.294 e. The van der Waals surface area contributed by atoms with Crippen LogP contribution in [0.4, 0.5) is 11.4 Å². The Morgan fingerprint density at radius 1 is 1.00 bits per heavy atom. The number of nitro benzene ring substituents is 2. The maximum absolute atomic E-state index is 12.1. The predicted octanol–water partition coefficient (Wildman–Crippen LogP) is 3.69. The molecule has 2 rings (SSSR count). The Morgan fingerprint density at radius 2 is 1.59 bits per heavy atom. The van der Waals surface area contributed by atoms with Crippen LogP contribution in [0.2, 0.25) is 0 Å². The van der Waals surface area contributed by atoms with Gasteiger partial charge >= 0.3 is 0 Å². The van der Waals surface area contributed by atoms with Crippen LogP contribution in [0.25, 0.3) is 0 Å². The molecule has 0 amide bonds. The normalized spacial score (nSPS) is 10.2. The lowest BCUT2D eigenvalue weighted by molar-refractivity contribution is -0.395. The van der Waals surface area contributed by atoms with Crippen LogP contribution in [-0.4, -0.2) is 15.6 Å². The highest BCUT2D eigenvalue weighted by molar-refractivity contribution is 9.10. The molecule has 0 aliphatic rings. The molecule has 0 spiro atoms. The molecule has 2 aromatic carbocycles. The molecular weight excluding hydrogens is 356 g/mol. The van der Waals surface area contributed by atoms with Gasteiger partial charge in [0.25, 0.3) is 11.4 Å². The second-order valence-electron chi connectivity index (χ2n) is 4.41. The molecule has 0 heterocycles. The first-order chi connectivity index (χ1) is 10.4. The third-order valence-corrected chi connectivity index (χ3v) is 3.62. The van der Waals surface area contributed by atoms with E-state index in [2.05, 4.69) is 15.9 Å². The number of benzene rings is 2. The van der Waals surface area contributed by atoms with Crippen molar-refractivity contribution in [2.24, 2.45) is 0 Å². The summed E-state index contributed by atoms with van der Waals surface area (Å²) in [5.74, 6) is -0.301. The number of rotatable bonds is 5. The second-order valence-corrected chi connectivity index (χ2v) is 5.27. The van der Waals surface area contributed by atoms with Crippen molar-refractivity contribution in [3.8, 4) is 0 Å². The summed E-state index contributed by atoms with van der Waals surface area (Å²) in [5, 5.41) is 21.9. The lowest BCUT2D eigenvalue weighted by atomic mass is 10.0. The fourth-order valence-corrected chi connectivity index (χ4v) is 2.48. The molecule has 22 heavy (non-hydrogen) atoms. The number of nitro groups is 2. The van der Waals surface area contributed by atoms with Gasteiger partial charge in [0.05, 0.1) is 20.4 Å². The van der Waals surface area contributed by atoms with Gasteiger partial charge in [-0.2, -0.15) is 0 Å². The minimum atomic E-state index is -0.729. The topological polar surface area (TPSA) is 103 Å². The van der Waals surface area contributed by atoms with Gasteiger partial charge in [0.1, 0.15) is 0 Å². The minimum Gasteiger partial charge on any atom is -0.294 e. The molecule has 112 valence electrons. The Labute approximate surface area is 133 Å². The highest BCUT2D eigenvalue weighted by atomic mass is 79.9. The molecular formula is C14H9BrN2O5. The van der Waals surface area contributed by atoms with Gasteiger partial charge in [-0.05, 0) is 22.0 Å². The SMILES string of the molecule is O=C(Cc1cc(Br)c([N+](=O)[O-])cc1[N+](=O)[O-])c1ccccc1. The average molecular weight is 365 g/mol. The highest BCUT2D eigenvalue weighted by Gasteiger charge is 2.24. The summed E-state index contributed by atoms with van der Waals surface area (Å²) in [7, 11) is 0. The van der Waals surface area contributed by atoms with E-state index in [1.807, 2.05) is 0 Å². The zero-order valence-electron chi connectivity index (χ0n) is 11.1. The molecule has 0 aromatic heterocycles. The van der Waals surface area contributed by atoms with Crippen LogP contribution in [0.1, 0.15) is 15.9 Å². The van der Waals surface area contributed by atoms with Crippen molar-refractivity contribution in [2.75, 3.05) is 0 Å². The number of nitrogens with zero attached hydrogens (tertiary/aromatic N) is 2. The summed E-state index contributed by atoms with van der Waals surface area (Å²) in [4.78, 5) is 32.6. The zero-order chi connectivity index (χ0) is 16.3. The van der Waals surface area contributed by atoms with Crippen LogP contribution >= 0.6 is 15.9 Å². The van der Waals surface area contributed by atoms with Crippen LogP contribution in [-0.2, 0) is 6.42 Å². The third kappa shape index (κ3) is 3.34. The lowest BCUT2D eigenvalue weighted by Gasteiger charge is -2.04. The molecule has 8 heteroatoms. The first kappa shape index (κ1) is 15.8. The smallest absolute Gasteiger partial charge is 0.290 e. The maximum atomic E-state index is 12.1. The molecule has 0 unspecified atom stereocenters. The molecule has 0 aliphatic carbocycles. The van der Waals surface area contributed by atoms with Crippen molar-refractivity contribution in [1.82, 2.24) is 0 Å². The number of halogens is 1. The Morgan fingerprint density at radius 3 is 2.14 bits per heavy atom. The van der Waals surface area contributed by atoms with Crippen molar-refractivity contribution >= 4 is 33.1 Å². The second kappa shape index (κ2) is 6.44. The van der Waals surface area contributed by atoms with E-state index in [0.717, 1.165) is 6.07 Å². The Kier molecular flexibility index (Phi) is 4.62. The Hall–Kier alpha value is -2.61. The highest BCUT2D eigenvalue weighted by Crippen LogP contribution is 2.33. The van der Waals surface area contributed by atoms with Gasteiger partial charge in [0.15, 0.2) is 5.78 Å². The molecule has 0 radical (unpaired) electrons. The molecule has 0 fully saturated rings. The number of carbonyl (C=O) groups is 1. The van der Waals surface area contributed by atoms with E-state index in [1.54, 1.807) is 30.3 Å². The zero-order valence-corrected chi connectivity index (χ0v) is 12.6. The van der Waals surface area contributed by atoms with Gasteiger partial charge in [-0.3, -0.25) is 25.0 Å². The van der Waals surface area contributed by atoms with E-state index in [1.165, 1.54) is 6.07 Å². The predicted molar refractivity (Wildman–Crippen MR) is 81.9 cm³/mol. The van der Waals surface area contributed by atoms with Crippen LogP contribution in [0.5, 0.6) is 0 Å². The molecule has 0 saturated heterocycles. The van der Waals surface area contributed by atoms with Gasteiger partial charge in [-0.1, -0.05) is 30.3 Å². The summed E-state index contributed by atoms with van der Waals surface area (Å²) in [6.07, 6.45) is -0.211. The molecule has 0 bridgehead atoms. The average Bonchev–Trinajstić information content (AvgIpc) is 2.47. The van der Waals surface area contributed by atoms with Gasteiger partial charge in [-0.15, -0.1) is 0 Å². The standard InChI is InChI=1S/C14H9BrN2O5/c15-11-6-10(7-14(18)9-4-2-1-3-5-9)12(16(19)20)8-13(11)17(21)22/h1-6,8H,7H2. The number of hydrogen-bond donors (Lipinski definition) is 0. The number of hydrogen-bond acceptors (Lipinski definition) is 5. The fraction of sp³-hybridized carbons (Fsp3) is 0.0714. The first-order valence-electron chi connectivity index (χ1n) is 6.09. The maximum Gasteiger partial charge on any atom is 0.290 e. The van der Waals surface area contributed by atoms with E-state index in [-0.39, 0.29) is 22.2 Å². The van der Waals surface area contributed by atoms with Crippen LogP contribution < -0.4 is 0 Å². The summed E-state index contributed by atoms with van der Waals surface area (Å²) in [5.41, 5.74) is -0.315. The number of ketones is 1. The number of Topliss-reactive ketones (excluding diaryl/α,β-unsaturated/α-hetero) is 1. The van der Waals surface area contributed by atoms with Crippen molar-refractivity contribution < 1.29 is 14.6 Å². The molecule has 2 aromatic rings. The van der Waals surface area contributed by atoms with Gasteiger partial charge in [0, 0.05) is 17.5 Å². The Balaban J connectivity index is 2.42. The third-order valence-electron chi connectivity index (χ3n) is 2.99. The van der Waals surface area contributed by atoms with Gasteiger partial charge in [0.2, 0.25) is 0 Å². The van der Waals surface area contributed by atoms with Gasteiger partial charge in [-0.25, -0.2) is 0 Å². The quantitative estimate of drug-likeness (QED) is 0.457. The fourth-order valence-electron chi connectivity index (χ4n) is 1.94. The summed E-state index contributed by atoms with van der Waals surface area (Å²) in [6.45, 7) is 0. The van der Waals surface area contributed by atoms with Crippen LogP contribution in [0, 0.1) is 20.2 Å². The van der Waals surface area contributed by atoms with Crippen molar-refractivity contribution in [3.63, 3.8) is 0 Å². The molecule has 0 atom stereocenters. The summed E-state index contributed by atoms with van der Waals surface area (Å²) in [6, 6.07) is 10.4. The molecule has 0 aliphatic heterocycles. The van der Waals surface area contributed by atoms with E-state index < -0.39 is 21.2 Å². The minimum absolute atomic E-state index is 0.0963. The van der Waals surface area contributed by atoms with Crippen molar-refractivity contribution in [2.45, 2.75) is 6.42 Å². The van der Waals surface area contributed by atoms with Crippen LogP contribution in [0.3, 0.4) is 0 Å². The molecule has 7 nitrogen and oxygen atoms in total. The van der Waals surface area contributed by atoms with Crippen molar-refractivity contribution in [3.05, 3.63) is 78.3 Å². The van der Waals surface area contributed by atoms with E-state index in [4.69, 9.17) is 0 Å². The Bertz CT molecular complexity index is 761. The molecule has 0 N–H and O–H groups in total. The van der Waals surface area contributed by atoms with Crippen LogP contribution in [0.15, 0.2) is 46.9 Å². The first-order valence-corrected chi connectivity index (χ1v) is 6.89. The lowest BCUT2D eigenvalue weighted by Crippen LogP contribution is -2.06. The molecule has 0 saturated carbocycles. The van der Waals surface area contributed by atoms with E-state index in [9.17, 15) is 25.0 Å².